The number of carbonyl (C=O) groups excluding carboxylic acids is 2. The van der Waals surface area contributed by atoms with E-state index in [-0.39, 0.29) is 5.71 Å². The van der Waals surface area contributed by atoms with Crippen LogP contribution in [0.15, 0.2) is 65.2 Å². The van der Waals surface area contributed by atoms with Gasteiger partial charge in [0, 0.05) is 16.1 Å². The zero-order valence-electron chi connectivity index (χ0n) is 15.3. The summed E-state index contributed by atoms with van der Waals surface area (Å²) in [6, 6.07) is 17.3. The van der Waals surface area contributed by atoms with Gasteiger partial charge in [-0.15, -0.1) is 0 Å². The van der Waals surface area contributed by atoms with Crippen molar-refractivity contribution < 1.29 is 14.1 Å². The van der Waals surface area contributed by atoms with Gasteiger partial charge in [-0.1, -0.05) is 47.1 Å². The molecule has 0 aliphatic heterocycles. The summed E-state index contributed by atoms with van der Waals surface area (Å²) in [5, 5.41) is 4.91. The summed E-state index contributed by atoms with van der Waals surface area (Å²) in [7, 11) is 0. The summed E-state index contributed by atoms with van der Waals surface area (Å²) < 4.78 is 5.27. The predicted molar refractivity (Wildman–Crippen MR) is 108 cm³/mol. The van der Waals surface area contributed by atoms with Crippen molar-refractivity contribution in [3.63, 3.8) is 0 Å². The number of hydrogen-bond acceptors (Lipinski definition) is 5. The fourth-order valence-electron chi connectivity index (χ4n) is 2.88. The number of aromatic nitrogens is 2. The number of hydrogen-bond donors (Lipinski definition) is 2. The largest absolute Gasteiger partial charge is 0.335 e. The molecule has 2 heterocycles. The van der Waals surface area contributed by atoms with Gasteiger partial charge in [0.15, 0.2) is 0 Å². The van der Waals surface area contributed by atoms with E-state index in [4.69, 9.17) is 16.1 Å². The van der Waals surface area contributed by atoms with Crippen LogP contribution in [0.3, 0.4) is 0 Å². The van der Waals surface area contributed by atoms with Crippen LogP contribution < -0.4 is 10.9 Å². The van der Waals surface area contributed by atoms with Crippen LogP contribution in [0.25, 0.3) is 22.4 Å². The zero-order valence-corrected chi connectivity index (χ0v) is 16.0. The second kappa shape index (κ2) is 7.73. The van der Waals surface area contributed by atoms with Crippen molar-refractivity contribution in [2.45, 2.75) is 6.92 Å². The number of benzene rings is 2. The minimum absolute atomic E-state index is 0.248. The molecule has 0 fully saturated rings. The van der Waals surface area contributed by atoms with Gasteiger partial charge < -0.3 is 4.52 Å². The third kappa shape index (κ3) is 3.81. The maximum Gasteiger partial charge on any atom is 0.270 e. The lowest BCUT2D eigenvalue weighted by Gasteiger charge is -2.09. The summed E-state index contributed by atoms with van der Waals surface area (Å²) in [5.74, 6) is -0.978. The Balaban J connectivity index is 1.63. The highest BCUT2D eigenvalue weighted by Gasteiger charge is 2.20. The molecule has 0 bridgehead atoms. The number of rotatable bonds is 3. The molecule has 8 heteroatoms. The zero-order chi connectivity index (χ0) is 20.4. The SMILES string of the molecule is Cc1noc2nc(-c3ccccc3)cc(C(=O)NNC(=O)c3ccc(Cl)cc3)c12. The molecule has 2 amide bonds. The first-order chi connectivity index (χ1) is 14.0. The van der Waals surface area contributed by atoms with E-state index in [2.05, 4.69) is 21.0 Å². The standard InChI is InChI=1S/C21H15ClN4O3/c1-12-18-16(20(28)25-24-19(27)14-7-9-15(22)10-8-14)11-17(23-21(18)29-26-12)13-5-3-2-4-6-13/h2-11H,1H3,(H,24,27)(H,25,28). The van der Waals surface area contributed by atoms with Crippen molar-refractivity contribution in [3.8, 4) is 11.3 Å². The summed E-state index contributed by atoms with van der Waals surface area (Å²) in [6.07, 6.45) is 0. The highest BCUT2D eigenvalue weighted by molar-refractivity contribution is 6.30. The number of hydrazine groups is 1. The van der Waals surface area contributed by atoms with Crippen molar-refractivity contribution in [3.05, 3.63) is 82.5 Å². The Labute approximate surface area is 170 Å². The minimum Gasteiger partial charge on any atom is -0.335 e. The van der Waals surface area contributed by atoms with Crippen LogP contribution in [0.1, 0.15) is 26.4 Å². The van der Waals surface area contributed by atoms with E-state index in [1.54, 1.807) is 37.3 Å². The summed E-state index contributed by atoms with van der Waals surface area (Å²) in [5.41, 5.74) is 7.65. The predicted octanol–water partition coefficient (Wildman–Crippen LogP) is 3.93. The number of pyridine rings is 1. The van der Waals surface area contributed by atoms with E-state index in [1.165, 1.54) is 0 Å². The first kappa shape index (κ1) is 18.6. The van der Waals surface area contributed by atoms with E-state index < -0.39 is 11.8 Å². The molecule has 4 aromatic rings. The van der Waals surface area contributed by atoms with Crippen LogP contribution in [0.5, 0.6) is 0 Å². The monoisotopic (exact) mass is 406 g/mol. The van der Waals surface area contributed by atoms with Gasteiger partial charge in [0.2, 0.25) is 0 Å². The number of nitrogens with zero attached hydrogens (tertiary/aromatic N) is 2. The first-order valence-electron chi connectivity index (χ1n) is 8.71. The lowest BCUT2D eigenvalue weighted by atomic mass is 10.1. The quantitative estimate of drug-likeness (QED) is 0.502. The van der Waals surface area contributed by atoms with Gasteiger partial charge in [0.1, 0.15) is 0 Å². The lowest BCUT2D eigenvalue weighted by Crippen LogP contribution is -2.41. The van der Waals surface area contributed by atoms with Crippen molar-refractivity contribution >= 4 is 34.5 Å². The molecule has 0 saturated carbocycles. The lowest BCUT2D eigenvalue weighted by molar-refractivity contribution is 0.0847. The molecule has 0 spiro atoms. The van der Waals surface area contributed by atoms with E-state index >= 15 is 0 Å². The van der Waals surface area contributed by atoms with E-state index in [0.29, 0.717) is 32.9 Å². The van der Waals surface area contributed by atoms with E-state index in [9.17, 15) is 9.59 Å². The fraction of sp³-hybridized carbons (Fsp3) is 0.0476. The Kier molecular flexibility index (Phi) is 4.97. The molecule has 0 unspecified atom stereocenters. The third-order valence-electron chi connectivity index (χ3n) is 4.33. The van der Waals surface area contributed by atoms with Gasteiger partial charge in [0.25, 0.3) is 17.5 Å². The van der Waals surface area contributed by atoms with Crippen LogP contribution >= 0.6 is 11.6 Å². The number of fused-ring (bicyclic) bond motifs is 1. The van der Waals surface area contributed by atoms with Crippen molar-refractivity contribution in [1.29, 1.82) is 0 Å². The van der Waals surface area contributed by atoms with Crippen molar-refractivity contribution in [2.75, 3.05) is 0 Å². The van der Waals surface area contributed by atoms with E-state index in [1.807, 2.05) is 30.3 Å². The normalized spacial score (nSPS) is 10.7. The smallest absolute Gasteiger partial charge is 0.270 e. The second-order valence-electron chi connectivity index (χ2n) is 6.28. The Bertz CT molecular complexity index is 1200. The van der Waals surface area contributed by atoms with Gasteiger partial charge in [-0.25, -0.2) is 4.98 Å². The molecule has 0 radical (unpaired) electrons. The molecule has 144 valence electrons. The Morgan fingerprint density at radius 1 is 0.966 bits per heavy atom. The molecule has 0 aliphatic carbocycles. The van der Waals surface area contributed by atoms with Gasteiger partial charge in [-0.2, -0.15) is 0 Å². The molecule has 7 nitrogen and oxygen atoms in total. The highest BCUT2D eigenvalue weighted by Crippen LogP contribution is 2.26. The average Bonchev–Trinajstić information content (AvgIpc) is 3.13. The molecule has 29 heavy (non-hydrogen) atoms. The Morgan fingerprint density at radius 3 is 2.38 bits per heavy atom. The van der Waals surface area contributed by atoms with Gasteiger partial charge in [0.05, 0.1) is 22.3 Å². The Morgan fingerprint density at radius 2 is 1.66 bits per heavy atom. The maximum atomic E-state index is 12.8. The summed E-state index contributed by atoms with van der Waals surface area (Å²) in [4.78, 5) is 29.5. The number of aryl methyl sites for hydroxylation is 1. The first-order valence-corrected chi connectivity index (χ1v) is 9.09. The second-order valence-corrected chi connectivity index (χ2v) is 6.72. The fourth-order valence-corrected chi connectivity index (χ4v) is 3.01. The number of carbonyl (C=O) groups is 2. The number of nitrogens with one attached hydrogen (secondary N) is 2. The molecule has 0 atom stereocenters. The highest BCUT2D eigenvalue weighted by atomic mass is 35.5. The number of amides is 2. The van der Waals surface area contributed by atoms with Gasteiger partial charge >= 0.3 is 0 Å². The molecule has 0 saturated heterocycles. The molecule has 2 N–H and O–H groups in total. The van der Waals surface area contributed by atoms with Crippen LogP contribution in [-0.4, -0.2) is 22.0 Å². The molecule has 2 aromatic carbocycles. The molecular formula is C21H15ClN4O3. The maximum absolute atomic E-state index is 12.8. The van der Waals surface area contributed by atoms with Crippen LogP contribution in [0, 0.1) is 6.92 Å². The van der Waals surface area contributed by atoms with Crippen molar-refractivity contribution in [2.24, 2.45) is 0 Å². The Hall–Kier alpha value is -3.71. The molecule has 2 aromatic heterocycles. The van der Waals surface area contributed by atoms with Gasteiger partial charge in [-0.3, -0.25) is 20.4 Å². The third-order valence-corrected chi connectivity index (χ3v) is 4.58. The molecular weight excluding hydrogens is 392 g/mol. The number of halogens is 1. The van der Waals surface area contributed by atoms with Crippen molar-refractivity contribution in [1.82, 2.24) is 21.0 Å². The van der Waals surface area contributed by atoms with Crippen LogP contribution in [-0.2, 0) is 0 Å². The minimum atomic E-state index is -0.511. The van der Waals surface area contributed by atoms with E-state index in [0.717, 1.165) is 5.56 Å². The van der Waals surface area contributed by atoms with Crippen LogP contribution in [0.2, 0.25) is 5.02 Å². The van der Waals surface area contributed by atoms with Gasteiger partial charge in [-0.05, 0) is 37.3 Å². The van der Waals surface area contributed by atoms with Crippen LogP contribution in [0.4, 0.5) is 0 Å². The topological polar surface area (TPSA) is 97.1 Å². The molecule has 0 aliphatic rings. The molecule has 4 rings (SSSR count). The summed E-state index contributed by atoms with van der Waals surface area (Å²) >= 11 is 5.83. The summed E-state index contributed by atoms with van der Waals surface area (Å²) in [6.45, 7) is 1.72. The average molecular weight is 407 g/mol.